The molecule has 8 heteroatoms. The zero-order chi connectivity index (χ0) is 41.1. The van der Waals surface area contributed by atoms with E-state index in [9.17, 15) is 0 Å². The molecule has 6 bridgehead atoms. The van der Waals surface area contributed by atoms with Crippen LogP contribution in [0.15, 0.2) is 145 Å². The van der Waals surface area contributed by atoms with E-state index in [-0.39, 0.29) is 11.3 Å². The molecule has 8 rings (SSSR count). The zero-order valence-corrected chi connectivity index (χ0v) is 38.9. The standard InChI is InChI=1S/C49H51N3S4.CH4S/c1-30-6-10-34(11-7-30)46-41-22-23-42(51-41)48(49(4)28-26-38(55)27-29-49)32(3)9-8-31(2)45(33-12-16-36(53)17-13-33)39-20-21-40(50-39)47(35-14-18-37(54)19-15-35)44-25-24-43(46)52(44)56-5;1-2/h6-7,10-19,24-28,32,48,53-55H,8-9,20-23,29H2,1-5H3;2H,1H3/b45-31+,46-41-,47-40-;. The van der Waals surface area contributed by atoms with Crippen LogP contribution in [0, 0.1) is 24.2 Å². The van der Waals surface area contributed by atoms with Gasteiger partial charge in [0.05, 0.1) is 22.8 Å². The minimum absolute atomic E-state index is 0.0613. The molecule has 3 nitrogen and oxygen atoms in total. The molecule has 0 radical (unpaired) electrons. The first-order valence-corrected chi connectivity index (χ1v) is 23.7. The average Bonchev–Trinajstić information content (AvgIpc) is 4.00. The van der Waals surface area contributed by atoms with E-state index in [2.05, 4.69) is 179 Å². The molecule has 0 amide bonds. The fraction of sp³-hybridized carbons (Fsp3) is 0.320. The van der Waals surface area contributed by atoms with Gasteiger partial charge in [0.25, 0.3) is 0 Å². The molecule has 4 aliphatic rings. The molecule has 300 valence electrons. The molecule has 0 saturated carbocycles. The van der Waals surface area contributed by atoms with E-state index in [1.807, 2.05) is 0 Å². The van der Waals surface area contributed by atoms with E-state index < -0.39 is 0 Å². The highest BCUT2D eigenvalue weighted by atomic mass is 32.2. The largest absolute Gasteiger partial charge is 0.283 e. The minimum Gasteiger partial charge on any atom is -0.283 e. The molecule has 4 heterocycles. The van der Waals surface area contributed by atoms with Crippen molar-refractivity contribution in [1.82, 2.24) is 3.97 Å². The van der Waals surface area contributed by atoms with Crippen LogP contribution in [0.25, 0.3) is 16.7 Å². The van der Waals surface area contributed by atoms with E-state index in [1.54, 1.807) is 18.2 Å². The number of fused-ring (bicyclic) bond motifs is 4. The Balaban J connectivity index is 0.00000252. The lowest BCUT2D eigenvalue weighted by atomic mass is 9.64. The van der Waals surface area contributed by atoms with Crippen LogP contribution in [-0.4, -0.2) is 27.9 Å². The quantitative estimate of drug-likeness (QED) is 0.148. The number of thiol groups is 4. The van der Waals surface area contributed by atoms with Crippen LogP contribution in [0.5, 0.6) is 0 Å². The second kappa shape index (κ2) is 18.6. The number of aromatic nitrogens is 1. The molecule has 0 N–H and O–H groups in total. The molecular weight excluding hydrogens is 803 g/mol. The predicted octanol–water partition coefficient (Wildman–Crippen LogP) is 14.3. The second-order valence-electron chi connectivity index (χ2n) is 16.2. The summed E-state index contributed by atoms with van der Waals surface area (Å²) < 4.78 is 2.43. The lowest BCUT2D eigenvalue weighted by Crippen LogP contribution is -2.37. The SMILES string of the molecule is CS.CSn1c2ccc1/C(c1ccc(C)cc1)=C1/CCC(=N1)C(C1(C)C=CC(S)=CC1)C(C)CC/C(C)=C(\c1ccc(S)cc1)C1=N/C(=C\2c2ccc(S)cc2)CC1. The number of allylic oxidation sites excluding steroid dienone is 7. The molecular formula is C50H55N3S5. The van der Waals surface area contributed by atoms with Gasteiger partial charge < -0.3 is 0 Å². The van der Waals surface area contributed by atoms with Gasteiger partial charge in [0.15, 0.2) is 0 Å². The van der Waals surface area contributed by atoms with Gasteiger partial charge in [-0.1, -0.05) is 91.7 Å². The summed E-state index contributed by atoms with van der Waals surface area (Å²) in [5, 5.41) is 0. The first kappa shape index (κ1) is 42.8. The highest BCUT2D eigenvalue weighted by Gasteiger charge is 2.41. The van der Waals surface area contributed by atoms with E-state index in [1.165, 1.54) is 61.8 Å². The number of hydrogen-bond donors (Lipinski definition) is 4. The molecule has 1 aliphatic carbocycles. The van der Waals surface area contributed by atoms with Crippen LogP contribution in [0.1, 0.15) is 99.4 Å². The fourth-order valence-electron chi connectivity index (χ4n) is 9.42. The Morgan fingerprint density at radius 3 is 1.76 bits per heavy atom. The van der Waals surface area contributed by atoms with Crippen molar-refractivity contribution in [2.75, 3.05) is 12.5 Å². The Morgan fingerprint density at radius 1 is 0.672 bits per heavy atom. The summed E-state index contributed by atoms with van der Waals surface area (Å²) in [5.74, 6) is 0.682. The van der Waals surface area contributed by atoms with Gasteiger partial charge >= 0.3 is 0 Å². The molecule has 3 aliphatic heterocycles. The maximum atomic E-state index is 5.75. The van der Waals surface area contributed by atoms with Crippen molar-refractivity contribution in [3.8, 4) is 0 Å². The van der Waals surface area contributed by atoms with Crippen molar-refractivity contribution in [3.63, 3.8) is 0 Å². The molecule has 58 heavy (non-hydrogen) atoms. The number of aliphatic imine (C=N–C) groups is 2. The average molecular weight is 858 g/mol. The van der Waals surface area contributed by atoms with Crippen molar-refractivity contribution < 1.29 is 0 Å². The first-order chi connectivity index (χ1) is 28.0. The van der Waals surface area contributed by atoms with Gasteiger partial charge in [-0.3, -0.25) is 14.0 Å². The summed E-state index contributed by atoms with van der Waals surface area (Å²) in [7, 11) is 0. The number of nitrogens with zero attached hydrogens (tertiary/aromatic N) is 3. The minimum atomic E-state index is -0.0613. The summed E-state index contributed by atoms with van der Waals surface area (Å²) in [5.41, 5.74) is 16.9. The van der Waals surface area contributed by atoms with Gasteiger partial charge in [-0.05, 0) is 146 Å². The first-order valence-electron chi connectivity index (χ1n) is 20.3. The Bertz CT molecular complexity index is 2390. The maximum Gasteiger partial charge on any atom is 0.0622 e. The lowest BCUT2D eigenvalue weighted by Gasteiger charge is -2.40. The third-order valence-electron chi connectivity index (χ3n) is 12.2. The molecule has 3 atom stereocenters. The third-order valence-corrected chi connectivity index (χ3v) is 13.9. The molecule has 1 aromatic heterocycles. The molecule has 4 aromatic rings. The number of benzene rings is 3. The highest BCUT2D eigenvalue weighted by Crippen LogP contribution is 2.48. The van der Waals surface area contributed by atoms with Crippen LogP contribution in [0.4, 0.5) is 0 Å². The molecule has 3 unspecified atom stereocenters. The smallest absolute Gasteiger partial charge is 0.0622 e. The summed E-state index contributed by atoms with van der Waals surface area (Å²) in [6, 6.07) is 30.9. The second-order valence-corrected chi connectivity index (χ2v) is 18.4. The molecule has 0 spiro atoms. The van der Waals surface area contributed by atoms with Crippen LogP contribution in [-0.2, 0) is 0 Å². The maximum absolute atomic E-state index is 5.75. The Morgan fingerprint density at radius 2 is 1.21 bits per heavy atom. The van der Waals surface area contributed by atoms with Gasteiger partial charge in [0, 0.05) is 50.1 Å². The topological polar surface area (TPSA) is 29.6 Å². The van der Waals surface area contributed by atoms with Crippen molar-refractivity contribution in [3.05, 3.63) is 159 Å². The number of aryl methyl sites for hydroxylation is 1. The lowest BCUT2D eigenvalue weighted by molar-refractivity contribution is 0.239. The van der Waals surface area contributed by atoms with Gasteiger partial charge in [-0.15, -0.1) is 37.9 Å². The predicted molar refractivity (Wildman–Crippen MR) is 266 cm³/mol. The van der Waals surface area contributed by atoms with E-state index in [0.717, 1.165) is 76.6 Å². The molecule has 0 saturated heterocycles. The third kappa shape index (κ3) is 8.79. The van der Waals surface area contributed by atoms with Crippen LogP contribution < -0.4 is 0 Å². The Hall–Kier alpha value is -3.27. The van der Waals surface area contributed by atoms with E-state index in [4.69, 9.17) is 22.6 Å². The monoisotopic (exact) mass is 857 g/mol. The number of rotatable bonds is 5. The van der Waals surface area contributed by atoms with E-state index in [0.29, 0.717) is 5.92 Å². The summed E-state index contributed by atoms with van der Waals surface area (Å²) in [4.78, 5) is 14.3. The van der Waals surface area contributed by atoms with Crippen LogP contribution >= 0.6 is 62.5 Å². The van der Waals surface area contributed by atoms with Crippen molar-refractivity contribution >= 4 is 90.6 Å². The molecule has 0 fully saturated rings. The summed E-state index contributed by atoms with van der Waals surface area (Å²) in [6.07, 6.45) is 17.4. The van der Waals surface area contributed by atoms with Crippen LogP contribution in [0.2, 0.25) is 0 Å². The normalized spacial score (nSPS) is 26.1. The van der Waals surface area contributed by atoms with Crippen molar-refractivity contribution in [2.24, 2.45) is 27.2 Å². The van der Waals surface area contributed by atoms with E-state index >= 15 is 0 Å². The van der Waals surface area contributed by atoms with Gasteiger partial charge in [0.2, 0.25) is 0 Å². The van der Waals surface area contributed by atoms with Crippen molar-refractivity contribution in [1.29, 1.82) is 0 Å². The zero-order valence-electron chi connectivity index (χ0n) is 34.5. The number of hydrogen-bond acceptors (Lipinski definition) is 7. The van der Waals surface area contributed by atoms with Crippen molar-refractivity contribution in [2.45, 2.75) is 82.4 Å². The van der Waals surface area contributed by atoms with Gasteiger partial charge in [-0.25, -0.2) is 0 Å². The fourth-order valence-corrected chi connectivity index (χ4v) is 10.6. The van der Waals surface area contributed by atoms with Gasteiger partial charge in [0.1, 0.15) is 0 Å². The van der Waals surface area contributed by atoms with Crippen LogP contribution in [0.3, 0.4) is 0 Å². The summed E-state index contributed by atoms with van der Waals surface area (Å²) >= 11 is 19.3. The molecule has 3 aromatic carbocycles. The Kier molecular flexibility index (Phi) is 13.7. The highest BCUT2D eigenvalue weighted by molar-refractivity contribution is 7.97. The Labute approximate surface area is 372 Å². The summed E-state index contributed by atoms with van der Waals surface area (Å²) in [6.45, 7) is 9.40. The van der Waals surface area contributed by atoms with Gasteiger partial charge in [-0.2, -0.15) is 12.6 Å².